The zero-order chi connectivity index (χ0) is 20.3. The lowest BCUT2D eigenvalue weighted by Gasteiger charge is -2.08. The largest absolute Gasteiger partial charge is 0.321 e. The van der Waals surface area contributed by atoms with Crippen molar-refractivity contribution in [3.8, 4) is 16.9 Å². The number of rotatable bonds is 4. The van der Waals surface area contributed by atoms with Crippen LogP contribution >= 0.6 is 0 Å². The van der Waals surface area contributed by atoms with Crippen molar-refractivity contribution in [3.05, 3.63) is 109 Å². The van der Waals surface area contributed by atoms with Crippen LogP contribution in [0.4, 0.5) is 5.69 Å². The number of fused-ring (bicyclic) bond motifs is 1. The van der Waals surface area contributed by atoms with Crippen LogP contribution in [-0.2, 0) is 0 Å². The van der Waals surface area contributed by atoms with Gasteiger partial charge in [0.1, 0.15) is 5.69 Å². The minimum Gasteiger partial charge on any atom is -0.321 e. The molecular formula is C25H18N4O. The summed E-state index contributed by atoms with van der Waals surface area (Å²) < 4.78 is 1.72. The maximum Gasteiger partial charge on any atom is 0.259 e. The fourth-order valence-electron chi connectivity index (χ4n) is 3.49. The molecule has 2 aromatic heterocycles. The fraction of sp³-hybridized carbons (Fsp3) is 0. The second-order valence-corrected chi connectivity index (χ2v) is 6.89. The first kappa shape index (κ1) is 17.8. The highest BCUT2D eigenvalue weighted by Crippen LogP contribution is 2.27. The van der Waals surface area contributed by atoms with Crippen molar-refractivity contribution in [3.63, 3.8) is 0 Å². The van der Waals surface area contributed by atoms with Crippen molar-refractivity contribution in [2.75, 3.05) is 5.32 Å². The number of nitrogens with one attached hydrogen (secondary N) is 1. The second kappa shape index (κ2) is 7.64. The maximum absolute atomic E-state index is 13.3. The second-order valence-electron chi connectivity index (χ2n) is 6.89. The van der Waals surface area contributed by atoms with Crippen LogP contribution in [0.3, 0.4) is 0 Å². The Hall–Kier alpha value is -4.25. The van der Waals surface area contributed by atoms with Crippen LogP contribution in [0.5, 0.6) is 0 Å². The van der Waals surface area contributed by atoms with Gasteiger partial charge in [-0.25, -0.2) is 4.68 Å². The molecule has 2 heterocycles. The van der Waals surface area contributed by atoms with Gasteiger partial charge in [0.25, 0.3) is 5.91 Å². The van der Waals surface area contributed by atoms with Crippen molar-refractivity contribution in [1.82, 2.24) is 14.8 Å². The quantitative estimate of drug-likeness (QED) is 0.451. The first-order valence-corrected chi connectivity index (χ1v) is 9.64. The first-order valence-electron chi connectivity index (χ1n) is 9.64. The lowest BCUT2D eigenvalue weighted by Crippen LogP contribution is -2.12. The molecule has 1 N–H and O–H groups in total. The van der Waals surface area contributed by atoms with Crippen LogP contribution in [0.1, 0.15) is 10.4 Å². The Labute approximate surface area is 173 Å². The molecule has 30 heavy (non-hydrogen) atoms. The Morgan fingerprint density at radius 3 is 2.47 bits per heavy atom. The van der Waals surface area contributed by atoms with Gasteiger partial charge in [0.15, 0.2) is 0 Å². The average Bonchev–Trinajstić information content (AvgIpc) is 3.26. The summed E-state index contributed by atoms with van der Waals surface area (Å²) in [5, 5.41) is 9.82. The fourth-order valence-corrected chi connectivity index (χ4v) is 3.49. The predicted octanol–water partition coefficient (Wildman–Crippen LogP) is 5.34. The van der Waals surface area contributed by atoms with Gasteiger partial charge in [0.05, 0.1) is 11.3 Å². The molecule has 0 fully saturated rings. The molecule has 0 saturated heterocycles. The molecule has 1 amide bonds. The van der Waals surface area contributed by atoms with Crippen LogP contribution in [0.25, 0.3) is 27.7 Å². The number of carbonyl (C=O) groups excluding carboxylic acids is 1. The highest BCUT2D eigenvalue weighted by molar-refractivity contribution is 6.11. The van der Waals surface area contributed by atoms with Gasteiger partial charge in [-0.15, -0.1) is 0 Å². The van der Waals surface area contributed by atoms with Gasteiger partial charge in [-0.1, -0.05) is 54.6 Å². The lowest BCUT2D eigenvalue weighted by molar-refractivity contribution is 0.102. The van der Waals surface area contributed by atoms with Crippen LogP contribution in [0.15, 0.2) is 104 Å². The molecule has 0 unspecified atom stereocenters. The number of carbonyl (C=O) groups is 1. The number of anilines is 1. The SMILES string of the molecule is O=C(Nc1cccc2ccccc12)c1cn(-c2ccccc2)nc1-c1cccnc1. The third-order valence-corrected chi connectivity index (χ3v) is 4.95. The molecular weight excluding hydrogens is 372 g/mol. The Morgan fingerprint density at radius 1 is 0.833 bits per heavy atom. The minimum absolute atomic E-state index is 0.215. The highest BCUT2D eigenvalue weighted by Gasteiger charge is 2.19. The van der Waals surface area contributed by atoms with E-state index in [1.807, 2.05) is 84.9 Å². The van der Waals surface area contributed by atoms with Gasteiger partial charge in [-0.3, -0.25) is 9.78 Å². The van der Waals surface area contributed by atoms with E-state index in [9.17, 15) is 4.79 Å². The van der Waals surface area contributed by atoms with Gasteiger partial charge >= 0.3 is 0 Å². The van der Waals surface area contributed by atoms with E-state index in [0.717, 1.165) is 27.7 Å². The molecule has 5 rings (SSSR count). The topological polar surface area (TPSA) is 59.8 Å². The highest BCUT2D eigenvalue weighted by atomic mass is 16.1. The lowest BCUT2D eigenvalue weighted by atomic mass is 10.1. The average molecular weight is 390 g/mol. The van der Waals surface area contributed by atoms with Crippen LogP contribution in [0.2, 0.25) is 0 Å². The molecule has 144 valence electrons. The van der Waals surface area contributed by atoms with E-state index >= 15 is 0 Å². The molecule has 5 heteroatoms. The molecule has 5 aromatic rings. The Morgan fingerprint density at radius 2 is 1.63 bits per heavy atom. The maximum atomic E-state index is 13.3. The Bertz CT molecular complexity index is 1320. The molecule has 5 nitrogen and oxygen atoms in total. The van der Waals surface area contributed by atoms with E-state index in [-0.39, 0.29) is 5.91 Å². The number of pyridine rings is 1. The normalized spacial score (nSPS) is 10.8. The van der Waals surface area contributed by atoms with Crippen molar-refractivity contribution < 1.29 is 4.79 Å². The molecule has 0 aliphatic rings. The number of amides is 1. The number of para-hydroxylation sites is 1. The van der Waals surface area contributed by atoms with Gasteiger partial charge in [0, 0.05) is 35.2 Å². The monoisotopic (exact) mass is 390 g/mol. The van der Waals surface area contributed by atoms with Crippen LogP contribution in [0, 0.1) is 0 Å². The van der Waals surface area contributed by atoms with Crippen LogP contribution < -0.4 is 5.32 Å². The van der Waals surface area contributed by atoms with Crippen LogP contribution in [-0.4, -0.2) is 20.7 Å². The zero-order valence-corrected chi connectivity index (χ0v) is 16.1. The molecule has 0 bridgehead atoms. The summed E-state index contributed by atoms with van der Waals surface area (Å²) in [5.41, 5.74) is 3.51. The van der Waals surface area contributed by atoms with Crippen molar-refractivity contribution >= 4 is 22.4 Å². The van der Waals surface area contributed by atoms with Crippen molar-refractivity contribution in [2.45, 2.75) is 0 Å². The molecule has 0 aliphatic carbocycles. The van der Waals surface area contributed by atoms with E-state index < -0.39 is 0 Å². The summed E-state index contributed by atoms with van der Waals surface area (Å²) in [4.78, 5) is 17.5. The number of hydrogen-bond donors (Lipinski definition) is 1. The van der Waals surface area contributed by atoms with Crippen molar-refractivity contribution in [1.29, 1.82) is 0 Å². The number of hydrogen-bond acceptors (Lipinski definition) is 3. The summed E-state index contributed by atoms with van der Waals surface area (Å²) in [6.45, 7) is 0. The van der Waals surface area contributed by atoms with E-state index in [0.29, 0.717) is 11.3 Å². The Kier molecular flexibility index (Phi) is 4.54. The van der Waals surface area contributed by atoms with Gasteiger partial charge in [-0.05, 0) is 35.7 Å². The Balaban J connectivity index is 1.58. The number of benzene rings is 3. The third-order valence-electron chi connectivity index (χ3n) is 4.95. The summed E-state index contributed by atoms with van der Waals surface area (Å²) in [6.07, 6.45) is 5.18. The van der Waals surface area contributed by atoms with Crippen molar-refractivity contribution in [2.24, 2.45) is 0 Å². The summed E-state index contributed by atoms with van der Waals surface area (Å²) in [5.74, 6) is -0.215. The summed E-state index contributed by atoms with van der Waals surface area (Å²) in [7, 11) is 0. The molecule has 0 spiro atoms. The summed E-state index contributed by atoms with van der Waals surface area (Å²) >= 11 is 0. The molecule has 0 saturated carbocycles. The summed E-state index contributed by atoms with van der Waals surface area (Å²) in [6, 6.07) is 27.3. The van der Waals surface area contributed by atoms with E-state index in [1.54, 1.807) is 23.3 Å². The van der Waals surface area contributed by atoms with Gasteiger partial charge in [0.2, 0.25) is 0 Å². The van der Waals surface area contributed by atoms with E-state index in [2.05, 4.69) is 10.3 Å². The smallest absolute Gasteiger partial charge is 0.259 e. The zero-order valence-electron chi connectivity index (χ0n) is 16.1. The van der Waals surface area contributed by atoms with E-state index in [1.165, 1.54) is 0 Å². The first-order chi connectivity index (χ1) is 14.8. The molecule has 0 aliphatic heterocycles. The molecule has 0 atom stereocenters. The molecule has 3 aromatic carbocycles. The van der Waals surface area contributed by atoms with E-state index in [4.69, 9.17) is 5.10 Å². The number of nitrogens with zero attached hydrogens (tertiary/aromatic N) is 3. The minimum atomic E-state index is -0.215. The standard InChI is InChI=1S/C25H18N4O/c30-25(27-23-14-6-9-18-8-4-5-13-21(18)23)22-17-29(20-11-2-1-3-12-20)28-24(22)19-10-7-15-26-16-19/h1-17H,(H,27,30). The number of aromatic nitrogens is 3. The van der Waals surface area contributed by atoms with Gasteiger partial charge in [-0.2, -0.15) is 5.10 Å². The third kappa shape index (κ3) is 3.33. The molecule has 0 radical (unpaired) electrons. The van der Waals surface area contributed by atoms with Gasteiger partial charge < -0.3 is 5.32 Å². The predicted molar refractivity (Wildman–Crippen MR) is 119 cm³/mol.